The SMILES string of the molecule is O=S(=O)(CC1CCCNC1)NCCC1CCCO1. The minimum absolute atomic E-state index is 0.254. The molecule has 106 valence electrons. The fourth-order valence-corrected chi connectivity index (χ4v) is 4.13. The van der Waals surface area contributed by atoms with E-state index in [1.54, 1.807) is 0 Å². The van der Waals surface area contributed by atoms with Crippen LogP contribution in [-0.4, -0.2) is 46.5 Å². The van der Waals surface area contributed by atoms with Crippen molar-refractivity contribution in [3.05, 3.63) is 0 Å². The van der Waals surface area contributed by atoms with E-state index in [0.717, 1.165) is 51.8 Å². The zero-order valence-corrected chi connectivity index (χ0v) is 11.7. The second kappa shape index (κ2) is 6.84. The van der Waals surface area contributed by atoms with Crippen LogP contribution in [0, 0.1) is 5.92 Å². The van der Waals surface area contributed by atoms with Crippen LogP contribution in [0.1, 0.15) is 32.1 Å². The van der Waals surface area contributed by atoms with Gasteiger partial charge in [0.05, 0.1) is 11.9 Å². The average Bonchev–Trinajstić information content (AvgIpc) is 2.82. The highest BCUT2D eigenvalue weighted by molar-refractivity contribution is 7.89. The van der Waals surface area contributed by atoms with Gasteiger partial charge in [-0.3, -0.25) is 0 Å². The van der Waals surface area contributed by atoms with E-state index in [1.165, 1.54) is 0 Å². The molecule has 2 fully saturated rings. The summed E-state index contributed by atoms with van der Waals surface area (Å²) in [6.45, 7) is 3.17. The van der Waals surface area contributed by atoms with Gasteiger partial charge in [0.1, 0.15) is 0 Å². The molecular weight excluding hydrogens is 252 g/mol. The first-order chi connectivity index (χ1) is 8.66. The van der Waals surface area contributed by atoms with Gasteiger partial charge in [-0.1, -0.05) is 0 Å². The number of sulfonamides is 1. The molecule has 2 N–H and O–H groups in total. The van der Waals surface area contributed by atoms with Gasteiger partial charge in [-0.25, -0.2) is 13.1 Å². The van der Waals surface area contributed by atoms with Crippen molar-refractivity contribution in [3.63, 3.8) is 0 Å². The van der Waals surface area contributed by atoms with Crippen LogP contribution < -0.4 is 10.0 Å². The summed E-state index contributed by atoms with van der Waals surface area (Å²) in [5, 5.41) is 3.25. The van der Waals surface area contributed by atoms with E-state index in [-0.39, 0.29) is 17.8 Å². The Kier molecular flexibility index (Phi) is 5.41. The van der Waals surface area contributed by atoms with Gasteiger partial charge in [0.2, 0.25) is 10.0 Å². The smallest absolute Gasteiger partial charge is 0.211 e. The predicted molar refractivity (Wildman–Crippen MR) is 71.0 cm³/mol. The second-order valence-electron chi connectivity index (χ2n) is 5.31. The molecule has 18 heavy (non-hydrogen) atoms. The number of hydrogen-bond donors (Lipinski definition) is 2. The lowest BCUT2D eigenvalue weighted by Gasteiger charge is -2.22. The maximum Gasteiger partial charge on any atom is 0.211 e. The van der Waals surface area contributed by atoms with Gasteiger partial charge in [-0.15, -0.1) is 0 Å². The van der Waals surface area contributed by atoms with E-state index in [2.05, 4.69) is 10.0 Å². The Hall–Kier alpha value is -0.170. The van der Waals surface area contributed by atoms with E-state index < -0.39 is 10.0 Å². The Bertz CT molecular complexity index is 333. The number of piperidine rings is 1. The van der Waals surface area contributed by atoms with Crippen molar-refractivity contribution in [1.29, 1.82) is 0 Å². The molecule has 0 aromatic heterocycles. The summed E-state index contributed by atoms with van der Waals surface area (Å²) >= 11 is 0. The molecule has 2 rings (SSSR count). The summed E-state index contributed by atoms with van der Waals surface area (Å²) < 4.78 is 32.0. The largest absolute Gasteiger partial charge is 0.378 e. The van der Waals surface area contributed by atoms with Crippen LogP contribution in [0.2, 0.25) is 0 Å². The highest BCUT2D eigenvalue weighted by atomic mass is 32.2. The van der Waals surface area contributed by atoms with Crippen molar-refractivity contribution >= 4 is 10.0 Å². The molecule has 2 aliphatic rings. The van der Waals surface area contributed by atoms with Crippen LogP contribution in [0.3, 0.4) is 0 Å². The van der Waals surface area contributed by atoms with Gasteiger partial charge in [0.25, 0.3) is 0 Å². The molecular formula is C12H24N2O3S. The molecule has 0 radical (unpaired) electrons. The van der Waals surface area contributed by atoms with E-state index in [9.17, 15) is 8.42 Å². The summed E-state index contributed by atoms with van der Waals surface area (Å²) in [6.07, 6.45) is 5.31. The standard InChI is InChI=1S/C12H24N2O3S/c15-18(16,10-11-3-1-6-13-9-11)14-7-5-12-4-2-8-17-12/h11-14H,1-10H2. The van der Waals surface area contributed by atoms with Crippen molar-refractivity contribution in [1.82, 2.24) is 10.0 Å². The van der Waals surface area contributed by atoms with Crippen molar-refractivity contribution in [3.8, 4) is 0 Å². The summed E-state index contributed by atoms with van der Waals surface area (Å²) in [5.41, 5.74) is 0. The third-order valence-corrected chi connectivity index (χ3v) is 5.22. The van der Waals surface area contributed by atoms with Crippen LogP contribution >= 0.6 is 0 Å². The first-order valence-electron chi connectivity index (χ1n) is 6.95. The molecule has 0 amide bonds. The minimum atomic E-state index is -3.12. The molecule has 6 heteroatoms. The molecule has 2 heterocycles. The molecule has 0 spiro atoms. The van der Waals surface area contributed by atoms with Crippen LogP contribution in [0.25, 0.3) is 0 Å². The summed E-state index contributed by atoms with van der Waals surface area (Å²) in [7, 11) is -3.12. The predicted octanol–water partition coefficient (Wildman–Crippen LogP) is 0.475. The Labute approximate surface area is 110 Å². The van der Waals surface area contributed by atoms with Crippen LogP contribution in [-0.2, 0) is 14.8 Å². The molecule has 0 aromatic carbocycles. The van der Waals surface area contributed by atoms with Gasteiger partial charge in [-0.2, -0.15) is 0 Å². The number of hydrogen-bond acceptors (Lipinski definition) is 4. The van der Waals surface area contributed by atoms with E-state index in [0.29, 0.717) is 6.54 Å². The van der Waals surface area contributed by atoms with Crippen molar-refractivity contribution in [2.24, 2.45) is 5.92 Å². The zero-order chi connectivity index (χ0) is 12.8. The van der Waals surface area contributed by atoms with E-state index in [1.807, 2.05) is 0 Å². The van der Waals surface area contributed by atoms with Crippen LogP contribution in [0.5, 0.6) is 0 Å². The summed E-state index contributed by atoms with van der Waals surface area (Å²) in [6, 6.07) is 0. The lowest BCUT2D eigenvalue weighted by Crippen LogP contribution is -2.38. The Balaban J connectivity index is 1.66. The maximum absolute atomic E-state index is 11.9. The molecule has 2 aliphatic heterocycles. The first-order valence-corrected chi connectivity index (χ1v) is 8.60. The highest BCUT2D eigenvalue weighted by Gasteiger charge is 2.21. The third kappa shape index (κ3) is 4.84. The third-order valence-electron chi connectivity index (χ3n) is 3.67. The zero-order valence-electron chi connectivity index (χ0n) is 10.9. The van der Waals surface area contributed by atoms with E-state index >= 15 is 0 Å². The Morgan fingerprint density at radius 2 is 2.17 bits per heavy atom. The number of ether oxygens (including phenoxy) is 1. The van der Waals surface area contributed by atoms with Crippen LogP contribution in [0.15, 0.2) is 0 Å². The van der Waals surface area contributed by atoms with Gasteiger partial charge >= 0.3 is 0 Å². The summed E-state index contributed by atoms with van der Waals surface area (Å²) in [4.78, 5) is 0. The lowest BCUT2D eigenvalue weighted by molar-refractivity contribution is 0.105. The molecule has 2 atom stereocenters. The normalized spacial score (nSPS) is 29.6. The highest BCUT2D eigenvalue weighted by Crippen LogP contribution is 2.15. The monoisotopic (exact) mass is 276 g/mol. The van der Waals surface area contributed by atoms with Crippen molar-refractivity contribution in [2.45, 2.75) is 38.2 Å². The molecule has 2 saturated heterocycles. The van der Waals surface area contributed by atoms with Crippen molar-refractivity contribution in [2.75, 3.05) is 32.0 Å². The molecule has 0 saturated carbocycles. The molecule has 0 bridgehead atoms. The van der Waals surface area contributed by atoms with Gasteiger partial charge in [0.15, 0.2) is 0 Å². The molecule has 0 aromatic rings. The topological polar surface area (TPSA) is 67.4 Å². The lowest BCUT2D eigenvalue weighted by atomic mass is 10.0. The molecule has 5 nitrogen and oxygen atoms in total. The number of rotatable bonds is 6. The summed E-state index contributed by atoms with van der Waals surface area (Å²) in [5.74, 6) is 0.518. The van der Waals surface area contributed by atoms with E-state index in [4.69, 9.17) is 4.74 Å². The maximum atomic E-state index is 11.9. The van der Waals surface area contributed by atoms with Crippen molar-refractivity contribution < 1.29 is 13.2 Å². The average molecular weight is 276 g/mol. The fourth-order valence-electron chi connectivity index (χ4n) is 2.68. The fraction of sp³-hybridized carbons (Fsp3) is 1.00. The molecule has 0 aliphatic carbocycles. The van der Waals surface area contributed by atoms with Gasteiger partial charge < -0.3 is 10.1 Å². The first kappa shape index (κ1) is 14.2. The Morgan fingerprint density at radius 1 is 1.28 bits per heavy atom. The number of nitrogens with one attached hydrogen (secondary N) is 2. The van der Waals surface area contributed by atoms with Gasteiger partial charge in [0, 0.05) is 13.2 Å². The van der Waals surface area contributed by atoms with Gasteiger partial charge in [-0.05, 0) is 51.1 Å². The molecule has 2 unspecified atom stereocenters. The second-order valence-corrected chi connectivity index (χ2v) is 7.16. The Morgan fingerprint density at radius 3 is 2.83 bits per heavy atom. The minimum Gasteiger partial charge on any atom is -0.378 e. The quantitative estimate of drug-likeness (QED) is 0.740. The van der Waals surface area contributed by atoms with Crippen LogP contribution in [0.4, 0.5) is 0 Å².